The average molecular weight is 915 g/mol. The highest BCUT2D eigenvalue weighted by molar-refractivity contribution is 5.71. The molecule has 0 aliphatic carbocycles. The van der Waals surface area contributed by atoms with Crippen molar-refractivity contribution < 1.29 is 28.6 Å². The number of allylic oxidation sites excluding steroid dienone is 18. The van der Waals surface area contributed by atoms with Crippen molar-refractivity contribution >= 4 is 17.9 Å². The molecule has 66 heavy (non-hydrogen) atoms. The molecule has 0 aliphatic rings. The van der Waals surface area contributed by atoms with E-state index in [2.05, 4.69) is 130 Å². The van der Waals surface area contributed by atoms with Gasteiger partial charge in [0.05, 0.1) is 0 Å². The Kier molecular flexibility index (Phi) is 50.5. The molecule has 0 saturated heterocycles. The first-order chi connectivity index (χ1) is 32.5. The molecule has 0 aromatic carbocycles. The molecule has 0 amide bonds. The number of ether oxygens (including phenoxy) is 3. The first-order valence-electron chi connectivity index (χ1n) is 26.9. The van der Waals surface area contributed by atoms with Crippen molar-refractivity contribution in [1.29, 1.82) is 0 Å². The molecule has 0 aromatic rings. The van der Waals surface area contributed by atoms with Crippen LogP contribution in [-0.2, 0) is 28.6 Å². The number of esters is 3. The fourth-order valence-corrected chi connectivity index (χ4v) is 6.94. The first kappa shape index (κ1) is 62.1. The third-order valence-corrected chi connectivity index (χ3v) is 11.0. The summed E-state index contributed by atoms with van der Waals surface area (Å²) in [6.45, 7) is 6.41. The summed E-state index contributed by atoms with van der Waals surface area (Å²) < 4.78 is 16.8. The number of hydrogen-bond donors (Lipinski definition) is 0. The van der Waals surface area contributed by atoms with Crippen molar-refractivity contribution in [2.24, 2.45) is 0 Å². The summed E-state index contributed by atoms with van der Waals surface area (Å²) >= 11 is 0. The molecule has 0 saturated carbocycles. The number of unbranched alkanes of at least 4 members (excludes halogenated alkanes) is 18. The summed E-state index contributed by atoms with van der Waals surface area (Å²) in [5.41, 5.74) is 0. The van der Waals surface area contributed by atoms with E-state index in [1.165, 1.54) is 57.8 Å². The van der Waals surface area contributed by atoms with Gasteiger partial charge in [0.15, 0.2) is 6.10 Å². The smallest absolute Gasteiger partial charge is 0.306 e. The van der Waals surface area contributed by atoms with Gasteiger partial charge in [0.25, 0.3) is 0 Å². The molecule has 1 atom stereocenters. The Hall–Kier alpha value is -3.93. The van der Waals surface area contributed by atoms with Gasteiger partial charge in [-0.1, -0.05) is 194 Å². The number of carbonyl (C=O) groups excluding carboxylic acids is 3. The summed E-state index contributed by atoms with van der Waals surface area (Å²) in [6.07, 6.45) is 72.1. The molecular weight excluding hydrogens is 817 g/mol. The van der Waals surface area contributed by atoms with Crippen molar-refractivity contribution in [3.63, 3.8) is 0 Å². The summed E-state index contributed by atoms with van der Waals surface area (Å²) in [5, 5.41) is 0. The van der Waals surface area contributed by atoms with E-state index < -0.39 is 6.10 Å². The zero-order valence-electron chi connectivity index (χ0n) is 42.7. The van der Waals surface area contributed by atoms with E-state index in [1.54, 1.807) is 0 Å². The normalized spacial score (nSPS) is 13.0. The number of hydrogen-bond acceptors (Lipinski definition) is 6. The van der Waals surface area contributed by atoms with E-state index in [0.717, 1.165) is 135 Å². The van der Waals surface area contributed by atoms with E-state index in [-0.39, 0.29) is 31.1 Å². The zero-order chi connectivity index (χ0) is 47.9. The molecule has 0 rings (SSSR count). The van der Waals surface area contributed by atoms with Crippen molar-refractivity contribution in [2.45, 2.75) is 239 Å². The van der Waals surface area contributed by atoms with Crippen LogP contribution in [0.4, 0.5) is 0 Å². The summed E-state index contributed by atoms with van der Waals surface area (Å²) in [5.74, 6) is -0.972. The van der Waals surface area contributed by atoms with Gasteiger partial charge in [0.2, 0.25) is 0 Å². The van der Waals surface area contributed by atoms with Crippen molar-refractivity contribution in [3.05, 3.63) is 109 Å². The lowest BCUT2D eigenvalue weighted by molar-refractivity contribution is -0.167. The average Bonchev–Trinajstić information content (AvgIpc) is 3.31. The van der Waals surface area contributed by atoms with Gasteiger partial charge in [-0.2, -0.15) is 0 Å². The highest BCUT2D eigenvalue weighted by Crippen LogP contribution is 2.12. The minimum Gasteiger partial charge on any atom is -0.462 e. The summed E-state index contributed by atoms with van der Waals surface area (Å²) in [4.78, 5) is 38.0. The van der Waals surface area contributed by atoms with Crippen molar-refractivity contribution in [3.8, 4) is 0 Å². The zero-order valence-corrected chi connectivity index (χ0v) is 42.7. The van der Waals surface area contributed by atoms with Crippen LogP contribution in [0.15, 0.2) is 109 Å². The van der Waals surface area contributed by atoms with Gasteiger partial charge in [-0.05, 0) is 128 Å². The van der Waals surface area contributed by atoms with Crippen LogP contribution in [0.5, 0.6) is 0 Å². The predicted octanol–water partition coefficient (Wildman–Crippen LogP) is 17.9. The van der Waals surface area contributed by atoms with Crippen LogP contribution in [0, 0.1) is 0 Å². The molecule has 0 radical (unpaired) electrons. The van der Waals surface area contributed by atoms with E-state index >= 15 is 0 Å². The molecule has 6 heteroatoms. The minimum atomic E-state index is -0.809. The van der Waals surface area contributed by atoms with E-state index in [9.17, 15) is 14.4 Å². The Morgan fingerprint density at radius 3 is 0.955 bits per heavy atom. The van der Waals surface area contributed by atoms with E-state index in [1.807, 2.05) is 0 Å². The van der Waals surface area contributed by atoms with Crippen LogP contribution >= 0.6 is 0 Å². The lowest BCUT2D eigenvalue weighted by Gasteiger charge is -2.18. The van der Waals surface area contributed by atoms with Gasteiger partial charge >= 0.3 is 17.9 Å². The Morgan fingerprint density at radius 1 is 0.318 bits per heavy atom. The van der Waals surface area contributed by atoms with Gasteiger partial charge in [0.1, 0.15) is 13.2 Å². The maximum absolute atomic E-state index is 12.8. The Bertz CT molecular complexity index is 1370. The van der Waals surface area contributed by atoms with Gasteiger partial charge < -0.3 is 14.2 Å². The van der Waals surface area contributed by atoms with Crippen molar-refractivity contribution in [2.75, 3.05) is 13.2 Å². The second-order valence-corrected chi connectivity index (χ2v) is 17.4. The molecule has 0 heterocycles. The lowest BCUT2D eigenvalue weighted by Crippen LogP contribution is -2.30. The highest BCUT2D eigenvalue weighted by atomic mass is 16.6. The standard InChI is InChI=1S/C60H98O6/c1-4-7-10-13-16-19-22-25-27-29-30-32-33-35-38-41-44-47-50-53-59(62)65-56-57(55-64-58(61)52-49-46-43-40-37-24-21-18-15-12-9-6-3)66-60(63)54-51-48-45-42-39-36-34-31-28-26-23-20-17-14-11-8-5-2/h7,10,16-21,25-28,30,32,34-36,38,57H,4-6,8-9,11-15,22-24,29,31,33,37,39-56H2,1-3H3/b10-7-,19-16-,20-17-,21-18-,27-25-,28-26-,32-30-,36-34-,38-35-/t57-/m1/s1. The van der Waals surface area contributed by atoms with Crippen LogP contribution < -0.4 is 0 Å². The first-order valence-corrected chi connectivity index (χ1v) is 26.9. The topological polar surface area (TPSA) is 78.9 Å². The monoisotopic (exact) mass is 915 g/mol. The molecule has 0 unspecified atom stereocenters. The minimum absolute atomic E-state index is 0.104. The fraction of sp³-hybridized carbons (Fsp3) is 0.650. The summed E-state index contributed by atoms with van der Waals surface area (Å²) in [6, 6.07) is 0. The van der Waals surface area contributed by atoms with Crippen LogP contribution in [0.25, 0.3) is 0 Å². The quantitative estimate of drug-likeness (QED) is 0.0262. The van der Waals surface area contributed by atoms with Crippen LogP contribution in [0.2, 0.25) is 0 Å². The highest BCUT2D eigenvalue weighted by Gasteiger charge is 2.19. The van der Waals surface area contributed by atoms with E-state index in [4.69, 9.17) is 14.2 Å². The molecule has 374 valence electrons. The lowest BCUT2D eigenvalue weighted by atomic mass is 10.1. The Labute approximate surface area is 406 Å². The molecule has 0 bridgehead atoms. The van der Waals surface area contributed by atoms with Crippen LogP contribution in [0.1, 0.15) is 233 Å². The molecule has 0 aliphatic heterocycles. The third kappa shape index (κ3) is 51.1. The number of rotatable bonds is 47. The van der Waals surface area contributed by atoms with Gasteiger partial charge in [-0.25, -0.2) is 0 Å². The molecular formula is C60H98O6. The predicted molar refractivity (Wildman–Crippen MR) is 283 cm³/mol. The molecule has 0 spiro atoms. The van der Waals surface area contributed by atoms with Gasteiger partial charge in [-0.3, -0.25) is 14.4 Å². The molecule has 6 nitrogen and oxygen atoms in total. The second-order valence-electron chi connectivity index (χ2n) is 17.4. The summed E-state index contributed by atoms with van der Waals surface area (Å²) in [7, 11) is 0. The maximum atomic E-state index is 12.8. The van der Waals surface area contributed by atoms with Crippen molar-refractivity contribution in [1.82, 2.24) is 0 Å². The van der Waals surface area contributed by atoms with Gasteiger partial charge in [-0.15, -0.1) is 0 Å². The SMILES string of the molecule is CC/C=C\C/C=C\C/C=C\C/C=C\C/C=C\CCCCCC(=O)OC[C@@H](COC(=O)CCCCCCC/C=C\CCCCC)OC(=O)CCCCCC/C=C\C/C=C\C/C=C\CCCCC. The Balaban J connectivity index is 4.50. The van der Waals surface area contributed by atoms with Crippen LogP contribution in [-0.4, -0.2) is 37.2 Å². The molecule has 0 aromatic heterocycles. The Morgan fingerprint density at radius 2 is 0.591 bits per heavy atom. The molecule has 0 fully saturated rings. The maximum Gasteiger partial charge on any atom is 0.306 e. The van der Waals surface area contributed by atoms with E-state index in [0.29, 0.717) is 19.3 Å². The molecule has 0 N–H and O–H groups in total. The fourth-order valence-electron chi connectivity index (χ4n) is 6.94. The second kappa shape index (κ2) is 53.7. The number of carbonyl (C=O) groups is 3. The largest absolute Gasteiger partial charge is 0.462 e. The van der Waals surface area contributed by atoms with Gasteiger partial charge in [0, 0.05) is 19.3 Å². The third-order valence-electron chi connectivity index (χ3n) is 11.0. The van der Waals surface area contributed by atoms with Crippen LogP contribution in [0.3, 0.4) is 0 Å².